The molecule has 172 valence electrons. The highest BCUT2D eigenvalue weighted by atomic mass is 79.9. The van der Waals surface area contributed by atoms with Crippen molar-refractivity contribution >= 4 is 39.7 Å². The van der Waals surface area contributed by atoms with Crippen LogP contribution in [0.15, 0.2) is 64.2 Å². The highest BCUT2D eigenvalue weighted by molar-refractivity contribution is 9.10. The van der Waals surface area contributed by atoms with Gasteiger partial charge in [0, 0.05) is 10.6 Å². The number of hydrogen-bond acceptors (Lipinski definition) is 4. The van der Waals surface area contributed by atoms with E-state index in [1.165, 1.54) is 5.56 Å². The number of ether oxygens (including phenoxy) is 2. The minimum atomic E-state index is -0.179. The van der Waals surface area contributed by atoms with Crippen LogP contribution >= 0.6 is 27.5 Å². The minimum Gasteiger partial charge on any atom is -0.490 e. The van der Waals surface area contributed by atoms with Crippen LogP contribution in [0.3, 0.4) is 0 Å². The number of rotatable bonds is 9. The lowest BCUT2D eigenvalue weighted by Crippen LogP contribution is -2.20. The number of amides is 1. The van der Waals surface area contributed by atoms with Crippen molar-refractivity contribution in [1.29, 1.82) is 0 Å². The minimum absolute atomic E-state index is 0.179. The quantitative estimate of drug-likeness (QED) is 0.258. The molecule has 0 fully saturated rings. The summed E-state index contributed by atoms with van der Waals surface area (Å²) in [4.78, 5) is 12.3. The van der Waals surface area contributed by atoms with Gasteiger partial charge in [-0.3, -0.25) is 4.79 Å². The van der Waals surface area contributed by atoms with Crippen LogP contribution in [0.4, 0.5) is 0 Å². The fourth-order valence-corrected chi connectivity index (χ4v) is 4.03. The summed E-state index contributed by atoms with van der Waals surface area (Å²) in [5, 5.41) is 4.75. The van der Waals surface area contributed by atoms with Crippen LogP contribution in [0.25, 0.3) is 0 Å². The maximum Gasteiger partial charge on any atom is 0.244 e. The zero-order valence-electron chi connectivity index (χ0n) is 18.8. The summed E-state index contributed by atoms with van der Waals surface area (Å²) in [5.41, 5.74) is 7.46. The van der Waals surface area contributed by atoms with E-state index in [9.17, 15) is 4.79 Å². The molecule has 0 aromatic heterocycles. The van der Waals surface area contributed by atoms with Gasteiger partial charge in [0.15, 0.2) is 11.5 Å². The van der Waals surface area contributed by atoms with Crippen LogP contribution in [0.5, 0.6) is 11.5 Å². The Morgan fingerprint density at radius 2 is 1.88 bits per heavy atom. The van der Waals surface area contributed by atoms with Gasteiger partial charge in [0.25, 0.3) is 0 Å². The van der Waals surface area contributed by atoms with Crippen molar-refractivity contribution in [2.45, 2.75) is 33.8 Å². The van der Waals surface area contributed by atoms with Crippen molar-refractivity contribution in [3.63, 3.8) is 0 Å². The van der Waals surface area contributed by atoms with Gasteiger partial charge in [0.2, 0.25) is 5.91 Å². The normalized spacial score (nSPS) is 10.9. The van der Waals surface area contributed by atoms with Crippen LogP contribution < -0.4 is 14.9 Å². The topological polar surface area (TPSA) is 59.9 Å². The van der Waals surface area contributed by atoms with E-state index in [1.807, 2.05) is 69.3 Å². The summed E-state index contributed by atoms with van der Waals surface area (Å²) >= 11 is 9.78. The lowest BCUT2D eigenvalue weighted by molar-refractivity contribution is -0.120. The van der Waals surface area contributed by atoms with Gasteiger partial charge in [-0.15, -0.1) is 0 Å². The lowest BCUT2D eigenvalue weighted by Gasteiger charge is -2.15. The predicted molar refractivity (Wildman–Crippen MR) is 136 cm³/mol. The standard InChI is InChI=1S/C26H26BrClN2O3/c1-4-32-24-13-19(12-22(27)26(24)33-16-21-7-5-6-8-23(21)28)15-29-30-25(31)14-20-10-9-17(2)11-18(20)3/h5-13,15H,4,14,16H2,1-3H3,(H,30,31)/b29-15-. The Bertz CT molecular complexity index is 1160. The molecule has 33 heavy (non-hydrogen) atoms. The van der Waals surface area contributed by atoms with E-state index < -0.39 is 0 Å². The number of benzene rings is 3. The highest BCUT2D eigenvalue weighted by Gasteiger charge is 2.13. The average molecular weight is 530 g/mol. The molecule has 0 heterocycles. The van der Waals surface area contributed by atoms with Gasteiger partial charge in [-0.1, -0.05) is 53.6 Å². The zero-order chi connectivity index (χ0) is 23.8. The number of halogens is 2. The van der Waals surface area contributed by atoms with E-state index in [2.05, 4.69) is 32.5 Å². The monoisotopic (exact) mass is 528 g/mol. The molecule has 0 bridgehead atoms. The second kappa shape index (κ2) is 11.9. The Balaban J connectivity index is 1.68. The molecule has 3 rings (SSSR count). The maximum absolute atomic E-state index is 12.3. The van der Waals surface area contributed by atoms with Gasteiger partial charge < -0.3 is 9.47 Å². The van der Waals surface area contributed by atoms with Gasteiger partial charge in [-0.05, 0) is 71.6 Å². The molecule has 0 aliphatic heterocycles. The van der Waals surface area contributed by atoms with Crippen molar-refractivity contribution in [2.75, 3.05) is 6.61 Å². The van der Waals surface area contributed by atoms with E-state index in [4.69, 9.17) is 21.1 Å². The highest BCUT2D eigenvalue weighted by Crippen LogP contribution is 2.37. The number of hydrazone groups is 1. The third-order valence-electron chi connectivity index (χ3n) is 4.91. The molecule has 0 aliphatic carbocycles. The fraction of sp³-hybridized carbons (Fsp3) is 0.231. The van der Waals surface area contributed by atoms with Gasteiger partial charge in [-0.25, -0.2) is 5.43 Å². The van der Waals surface area contributed by atoms with Crippen molar-refractivity contribution < 1.29 is 14.3 Å². The van der Waals surface area contributed by atoms with E-state index in [0.717, 1.165) is 22.3 Å². The Morgan fingerprint density at radius 1 is 1.09 bits per heavy atom. The third-order valence-corrected chi connectivity index (χ3v) is 5.87. The number of nitrogens with one attached hydrogen (secondary N) is 1. The summed E-state index contributed by atoms with van der Waals surface area (Å²) < 4.78 is 12.5. The Morgan fingerprint density at radius 3 is 2.61 bits per heavy atom. The van der Waals surface area contributed by atoms with Crippen LogP contribution in [0.1, 0.15) is 34.7 Å². The summed E-state index contributed by atoms with van der Waals surface area (Å²) in [6, 6.07) is 17.2. The first-order chi connectivity index (χ1) is 15.9. The van der Waals surface area contributed by atoms with Crippen LogP contribution in [-0.4, -0.2) is 18.7 Å². The zero-order valence-corrected chi connectivity index (χ0v) is 21.2. The maximum atomic E-state index is 12.3. The SMILES string of the molecule is CCOc1cc(/C=N\NC(=O)Cc2ccc(C)cc2C)cc(Br)c1OCc1ccccc1Cl. The van der Waals surface area contributed by atoms with Crippen molar-refractivity contribution in [3.05, 3.63) is 91.9 Å². The van der Waals surface area contributed by atoms with Gasteiger partial charge in [0.05, 0.1) is 23.7 Å². The molecule has 0 spiro atoms. The lowest BCUT2D eigenvalue weighted by atomic mass is 10.0. The number of aryl methyl sites for hydroxylation is 2. The van der Waals surface area contributed by atoms with Crippen LogP contribution in [0.2, 0.25) is 5.02 Å². The van der Waals surface area contributed by atoms with Gasteiger partial charge in [0.1, 0.15) is 6.61 Å². The molecule has 7 heteroatoms. The molecule has 1 N–H and O–H groups in total. The van der Waals surface area contributed by atoms with Gasteiger partial charge in [-0.2, -0.15) is 5.10 Å². The first-order valence-electron chi connectivity index (χ1n) is 10.6. The first kappa shape index (κ1) is 24.8. The van der Waals surface area contributed by atoms with Crippen LogP contribution in [-0.2, 0) is 17.8 Å². The largest absolute Gasteiger partial charge is 0.490 e. The second-order valence-corrected chi connectivity index (χ2v) is 8.80. The fourth-order valence-electron chi connectivity index (χ4n) is 3.27. The number of nitrogens with zero attached hydrogens (tertiary/aromatic N) is 1. The molecular weight excluding hydrogens is 504 g/mol. The molecule has 0 unspecified atom stereocenters. The Hall–Kier alpha value is -2.83. The first-order valence-corrected chi connectivity index (χ1v) is 11.7. The Kier molecular flexibility index (Phi) is 8.92. The molecule has 0 saturated carbocycles. The molecule has 0 saturated heterocycles. The molecule has 0 radical (unpaired) electrons. The summed E-state index contributed by atoms with van der Waals surface area (Å²) in [6.07, 6.45) is 1.84. The summed E-state index contributed by atoms with van der Waals surface area (Å²) in [6.45, 7) is 6.71. The third kappa shape index (κ3) is 7.07. The molecule has 0 aliphatic rings. The number of hydrogen-bond donors (Lipinski definition) is 1. The smallest absolute Gasteiger partial charge is 0.244 e. The number of carbonyl (C=O) groups is 1. The molecule has 3 aromatic carbocycles. The molecule has 1 amide bonds. The summed E-state index contributed by atoms with van der Waals surface area (Å²) in [7, 11) is 0. The van der Waals surface area contributed by atoms with E-state index in [0.29, 0.717) is 34.2 Å². The van der Waals surface area contributed by atoms with E-state index in [1.54, 1.807) is 6.21 Å². The average Bonchev–Trinajstić information content (AvgIpc) is 2.76. The van der Waals surface area contributed by atoms with Crippen LogP contribution in [0, 0.1) is 13.8 Å². The Labute approximate surface area is 207 Å². The second-order valence-electron chi connectivity index (χ2n) is 7.54. The van der Waals surface area contributed by atoms with Crippen molar-refractivity contribution in [3.8, 4) is 11.5 Å². The molecule has 5 nitrogen and oxygen atoms in total. The van der Waals surface area contributed by atoms with E-state index in [-0.39, 0.29) is 12.3 Å². The molecule has 3 aromatic rings. The summed E-state index contributed by atoms with van der Waals surface area (Å²) in [5.74, 6) is 0.969. The molecular formula is C26H26BrClN2O3. The van der Waals surface area contributed by atoms with Gasteiger partial charge >= 0.3 is 0 Å². The molecule has 0 atom stereocenters. The number of carbonyl (C=O) groups excluding carboxylic acids is 1. The van der Waals surface area contributed by atoms with Crippen molar-refractivity contribution in [1.82, 2.24) is 5.43 Å². The predicted octanol–water partition coefficient (Wildman–Crippen LogP) is 6.39. The van der Waals surface area contributed by atoms with E-state index >= 15 is 0 Å². The van der Waals surface area contributed by atoms with Crippen molar-refractivity contribution in [2.24, 2.45) is 5.10 Å².